The molecule has 2 spiro atoms. The molecule has 0 unspecified atom stereocenters. The van der Waals surface area contributed by atoms with Crippen LogP contribution in [0.1, 0.15) is 44.5 Å². The quantitative estimate of drug-likeness (QED) is 0.173. The number of benzene rings is 11. The topological polar surface area (TPSA) is 3.24 Å². The molecule has 3 heterocycles. The van der Waals surface area contributed by atoms with E-state index in [1.165, 1.54) is 118 Å². The Labute approximate surface area is 431 Å². The minimum Gasteiger partial charge on any atom is -0.310 e. The molecule has 0 amide bonds. The van der Waals surface area contributed by atoms with Crippen molar-refractivity contribution in [3.63, 3.8) is 0 Å². The molecule has 1 aromatic heterocycles. The van der Waals surface area contributed by atoms with E-state index in [0.29, 0.717) is 0 Å². The third-order valence-electron chi connectivity index (χ3n) is 16.0. The Kier molecular flexibility index (Phi) is 8.69. The molecule has 12 aromatic rings. The Hall–Kier alpha value is -7.86. The van der Waals surface area contributed by atoms with Crippen LogP contribution in [-0.4, -0.2) is 0 Å². The van der Waals surface area contributed by atoms with Gasteiger partial charge in [-0.05, 0) is 151 Å². The van der Waals surface area contributed by atoms with Gasteiger partial charge in [-0.25, -0.2) is 0 Å². The highest BCUT2D eigenvalue weighted by molar-refractivity contribution is 7.99. The molecule has 16 rings (SSSR count). The zero-order valence-electron chi connectivity index (χ0n) is 38.8. The van der Waals surface area contributed by atoms with Crippen LogP contribution in [0.5, 0.6) is 0 Å². The fourth-order valence-electron chi connectivity index (χ4n) is 13.1. The van der Waals surface area contributed by atoms with Crippen LogP contribution < -0.4 is 4.90 Å². The lowest BCUT2D eigenvalue weighted by Gasteiger charge is -2.40. The van der Waals surface area contributed by atoms with E-state index in [1.807, 2.05) is 34.9 Å². The zero-order chi connectivity index (χ0) is 47.1. The summed E-state index contributed by atoms with van der Waals surface area (Å²) in [7, 11) is 0. The molecular weight excluding hydrogens is 927 g/mol. The maximum absolute atomic E-state index is 2.52. The highest BCUT2D eigenvalue weighted by Gasteiger charge is 2.52. The van der Waals surface area contributed by atoms with Gasteiger partial charge in [-0.1, -0.05) is 199 Å². The van der Waals surface area contributed by atoms with E-state index < -0.39 is 10.8 Å². The molecule has 0 fully saturated rings. The Bertz CT molecular complexity index is 4170. The summed E-state index contributed by atoms with van der Waals surface area (Å²) in [4.78, 5) is 7.75. The average molecular weight is 968 g/mol. The van der Waals surface area contributed by atoms with Gasteiger partial charge in [-0.15, -0.1) is 11.3 Å². The van der Waals surface area contributed by atoms with E-state index in [9.17, 15) is 0 Å². The molecule has 72 heavy (non-hydrogen) atoms. The molecule has 11 aromatic carbocycles. The zero-order valence-corrected chi connectivity index (χ0v) is 41.3. The van der Waals surface area contributed by atoms with E-state index in [1.54, 1.807) is 0 Å². The van der Waals surface area contributed by atoms with Gasteiger partial charge >= 0.3 is 0 Å². The molecule has 0 bridgehead atoms. The first kappa shape index (κ1) is 40.8. The number of hydrogen-bond acceptors (Lipinski definition) is 4. The second kappa shape index (κ2) is 15.3. The van der Waals surface area contributed by atoms with Crippen LogP contribution in [0.3, 0.4) is 0 Å². The SMILES string of the molecule is c1ccc2c(c1)Sc1ccccc1C21c2ccccc2-c2cc(N(c3ccc(-c4ccc5c(c4)sc4ccccc45)cc3)c3ccc4c(c3)C3(c5ccccc5Sc5ccccc53)c3ccccc3-4)ccc21. The molecule has 336 valence electrons. The second-order valence-corrected chi connectivity index (χ2v) is 22.7. The summed E-state index contributed by atoms with van der Waals surface area (Å²) in [6.07, 6.45) is 0. The van der Waals surface area contributed by atoms with Crippen molar-refractivity contribution in [2.75, 3.05) is 4.90 Å². The summed E-state index contributed by atoms with van der Waals surface area (Å²) in [6.45, 7) is 0. The normalized spacial score (nSPS) is 14.5. The van der Waals surface area contributed by atoms with Crippen LogP contribution >= 0.6 is 34.9 Å². The summed E-state index contributed by atoms with van der Waals surface area (Å²) in [5, 5.41) is 2.64. The molecule has 0 atom stereocenters. The molecule has 1 nitrogen and oxygen atoms in total. The number of hydrogen-bond donors (Lipinski definition) is 0. The number of fused-ring (bicyclic) bond motifs is 21. The van der Waals surface area contributed by atoms with Gasteiger partial charge < -0.3 is 4.90 Å². The van der Waals surface area contributed by atoms with Crippen LogP contribution in [0.15, 0.2) is 268 Å². The summed E-state index contributed by atoms with van der Waals surface area (Å²) >= 11 is 5.66. The minimum absolute atomic E-state index is 0.448. The lowest BCUT2D eigenvalue weighted by atomic mass is 9.67. The first-order valence-corrected chi connectivity index (χ1v) is 27.2. The predicted octanol–water partition coefficient (Wildman–Crippen LogP) is 18.8. The largest absolute Gasteiger partial charge is 0.310 e. The number of anilines is 3. The number of thiophene rings is 1. The van der Waals surface area contributed by atoms with Crippen molar-refractivity contribution in [3.05, 3.63) is 293 Å². The van der Waals surface area contributed by atoms with Crippen molar-refractivity contribution in [1.29, 1.82) is 0 Å². The maximum atomic E-state index is 2.52. The maximum Gasteiger partial charge on any atom is 0.0736 e. The van der Waals surface area contributed by atoms with E-state index in [-0.39, 0.29) is 0 Å². The van der Waals surface area contributed by atoms with Crippen molar-refractivity contribution in [2.24, 2.45) is 0 Å². The van der Waals surface area contributed by atoms with Crippen molar-refractivity contribution in [3.8, 4) is 33.4 Å². The van der Waals surface area contributed by atoms with Crippen LogP contribution in [0, 0.1) is 0 Å². The van der Waals surface area contributed by atoms with Crippen LogP contribution in [-0.2, 0) is 10.8 Å². The molecule has 0 saturated heterocycles. The Morgan fingerprint density at radius 1 is 0.264 bits per heavy atom. The van der Waals surface area contributed by atoms with Gasteiger partial charge in [-0.2, -0.15) is 0 Å². The molecule has 0 radical (unpaired) electrons. The Morgan fingerprint density at radius 3 is 1.32 bits per heavy atom. The fourth-order valence-corrected chi connectivity index (χ4v) is 16.7. The van der Waals surface area contributed by atoms with Gasteiger partial charge in [0.05, 0.1) is 10.8 Å². The first-order chi connectivity index (χ1) is 35.7. The molecule has 4 heteroatoms. The minimum atomic E-state index is -0.496. The summed E-state index contributed by atoms with van der Waals surface area (Å²) in [5.41, 5.74) is 20.7. The van der Waals surface area contributed by atoms with Gasteiger partial charge in [0.25, 0.3) is 0 Å². The van der Waals surface area contributed by atoms with Crippen molar-refractivity contribution in [2.45, 2.75) is 30.4 Å². The van der Waals surface area contributed by atoms with Crippen LogP contribution in [0.4, 0.5) is 17.1 Å². The summed E-state index contributed by atoms with van der Waals surface area (Å²) < 4.78 is 2.64. The van der Waals surface area contributed by atoms with Crippen LogP contribution in [0.2, 0.25) is 0 Å². The van der Waals surface area contributed by atoms with Crippen LogP contribution in [0.25, 0.3) is 53.6 Å². The van der Waals surface area contributed by atoms with Gasteiger partial charge in [0, 0.05) is 56.8 Å². The molecular formula is C68H41NS3. The predicted molar refractivity (Wildman–Crippen MR) is 302 cm³/mol. The van der Waals surface area contributed by atoms with E-state index in [0.717, 1.165) is 17.1 Å². The lowest BCUT2D eigenvalue weighted by molar-refractivity contribution is 0.722. The van der Waals surface area contributed by atoms with Gasteiger partial charge in [-0.3, -0.25) is 0 Å². The third-order valence-corrected chi connectivity index (χ3v) is 19.5. The Morgan fingerprint density at radius 2 is 0.694 bits per heavy atom. The molecule has 0 N–H and O–H groups in total. The lowest BCUT2D eigenvalue weighted by Crippen LogP contribution is -2.32. The third kappa shape index (κ3) is 5.47. The van der Waals surface area contributed by atoms with Gasteiger partial charge in [0.15, 0.2) is 0 Å². The second-order valence-electron chi connectivity index (χ2n) is 19.4. The summed E-state index contributed by atoms with van der Waals surface area (Å²) in [6, 6.07) is 94.3. The molecule has 4 aliphatic rings. The molecule has 2 aliphatic heterocycles. The molecule has 0 saturated carbocycles. The summed E-state index contributed by atoms with van der Waals surface area (Å²) in [5.74, 6) is 0. The van der Waals surface area contributed by atoms with Crippen molar-refractivity contribution in [1.82, 2.24) is 0 Å². The van der Waals surface area contributed by atoms with Gasteiger partial charge in [0.1, 0.15) is 0 Å². The van der Waals surface area contributed by atoms with E-state index in [4.69, 9.17) is 0 Å². The van der Waals surface area contributed by atoms with Crippen molar-refractivity contribution < 1.29 is 0 Å². The van der Waals surface area contributed by atoms with E-state index in [2.05, 4.69) is 254 Å². The molecule has 2 aliphatic carbocycles. The number of rotatable bonds is 4. The highest BCUT2D eigenvalue weighted by Crippen LogP contribution is 2.65. The van der Waals surface area contributed by atoms with Crippen molar-refractivity contribution >= 4 is 72.1 Å². The average Bonchev–Trinajstić information content (AvgIpc) is 4.06. The smallest absolute Gasteiger partial charge is 0.0736 e. The van der Waals surface area contributed by atoms with E-state index >= 15 is 0 Å². The fraction of sp³-hybridized carbons (Fsp3) is 0.0294. The number of nitrogens with zero attached hydrogens (tertiary/aromatic N) is 1. The standard InChI is InChI=1S/C68H41NS3/c1-4-18-53-47(15-1)49-37-34-46(41-60(49)68(53)58-22-8-13-27-64(58)72-65-28-14-9-23-59(65)68)69(44-32-29-42(30-33-44)43-31-36-51-50-17-3-10-24-61(50)70-66(51)39-43)45-35-38-55-52(40-45)48-16-2-5-19-54(48)67(55)56-20-6-11-25-62(56)71-63-26-12-7-21-57(63)67/h1-41H. The highest BCUT2D eigenvalue weighted by atomic mass is 32.2. The van der Waals surface area contributed by atoms with Gasteiger partial charge in [0.2, 0.25) is 0 Å². The Balaban J connectivity index is 0.926. The monoisotopic (exact) mass is 967 g/mol. The first-order valence-electron chi connectivity index (χ1n) is 24.7.